The fourth-order valence-electron chi connectivity index (χ4n) is 6.06. The standard InChI is InChI=1S/C48H63N5O5/c1-5-7-9-10-11-12-13-14-15-16-17-18-19-20-21-22-23-24-30-46(55)57-35-36-58-47(56)37-44(39(3)4)53(45(54)29-8-6-2)38-40-31-33-41(34-32-40)42-27-25-26-28-43(42)48-49-51-52-50-48/h7,9,11-12,14-15,17-18,20-21,23-28,31-34,39,44H,5-6,8,10,13,16,19,22,29-30,35-38H2,1-4H3,(H,49,50,51,52)/t44-/m1/s1. The molecule has 3 aromatic rings. The van der Waals surface area contributed by atoms with Crippen LogP contribution in [0.5, 0.6) is 0 Å². The van der Waals surface area contributed by atoms with Gasteiger partial charge in [-0.05, 0) is 72.8 Å². The molecular formula is C48H63N5O5. The molecule has 58 heavy (non-hydrogen) atoms. The number of benzene rings is 2. The number of amides is 1. The third-order valence-corrected chi connectivity index (χ3v) is 9.23. The fraction of sp³-hybridized carbons (Fsp3) is 0.417. The first kappa shape index (κ1) is 46.7. The van der Waals surface area contributed by atoms with Crippen molar-refractivity contribution in [3.63, 3.8) is 0 Å². The molecule has 310 valence electrons. The van der Waals surface area contributed by atoms with Gasteiger partial charge in [-0.15, -0.1) is 10.2 Å². The van der Waals surface area contributed by atoms with Gasteiger partial charge < -0.3 is 14.4 Å². The topological polar surface area (TPSA) is 127 Å². The average Bonchev–Trinajstić information content (AvgIpc) is 3.78. The Balaban J connectivity index is 1.40. The number of allylic oxidation sites excluding steroid dienone is 11. The number of nitrogens with zero attached hydrogens (tertiary/aromatic N) is 4. The summed E-state index contributed by atoms with van der Waals surface area (Å²) in [5.74, 6) is -0.304. The number of aromatic amines is 1. The van der Waals surface area contributed by atoms with E-state index in [0.29, 0.717) is 18.8 Å². The van der Waals surface area contributed by atoms with Crippen LogP contribution in [0.3, 0.4) is 0 Å². The lowest BCUT2D eigenvalue weighted by Crippen LogP contribution is -2.44. The zero-order valence-electron chi connectivity index (χ0n) is 34.9. The van der Waals surface area contributed by atoms with Crippen LogP contribution in [0.15, 0.2) is 121 Å². The molecule has 3 rings (SSSR count). The van der Waals surface area contributed by atoms with Gasteiger partial charge in [0.2, 0.25) is 11.7 Å². The van der Waals surface area contributed by atoms with Crippen molar-refractivity contribution in [3.05, 3.63) is 127 Å². The lowest BCUT2D eigenvalue weighted by Gasteiger charge is -2.34. The van der Waals surface area contributed by atoms with Crippen LogP contribution in [0.25, 0.3) is 22.5 Å². The van der Waals surface area contributed by atoms with E-state index in [2.05, 4.69) is 95.2 Å². The normalized spacial score (nSPS) is 12.6. The number of unbranched alkanes of at least 4 members (excludes halogenated alkanes) is 1. The van der Waals surface area contributed by atoms with Crippen molar-refractivity contribution in [3.8, 4) is 22.5 Å². The van der Waals surface area contributed by atoms with Crippen molar-refractivity contribution in [1.29, 1.82) is 0 Å². The Morgan fingerprint density at radius 3 is 1.79 bits per heavy atom. The summed E-state index contributed by atoms with van der Waals surface area (Å²) in [5.41, 5.74) is 3.76. The monoisotopic (exact) mass is 789 g/mol. The van der Waals surface area contributed by atoms with E-state index in [1.807, 2.05) is 73.4 Å². The summed E-state index contributed by atoms with van der Waals surface area (Å²) in [4.78, 5) is 40.6. The number of carbonyl (C=O) groups excluding carboxylic acids is 3. The number of carbonyl (C=O) groups is 3. The molecule has 1 amide bonds. The summed E-state index contributed by atoms with van der Waals surface area (Å²) in [6.45, 7) is 8.49. The zero-order valence-corrected chi connectivity index (χ0v) is 34.9. The van der Waals surface area contributed by atoms with Crippen LogP contribution >= 0.6 is 0 Å². The van der Waals surface area contributed by atoms with Crippen LogP contribution in [0.4, 0.5) is 0 Å². The Kier molecular flexibility index (Phi) is 23.1. The Morgan fingerprint density at radius 1 is 0.707 bits per heavy atom. The first-order valence-electron chi connectivity index (χ1n) is 20.8. The highest BCUT2D eigenvalue weighted by atomic mass is 16.6. The molecule has 0 radical (unpaired) electrons. The molecule has 1 heterocycles. The van der Waals surface area contributed by atoms with E-state index in [0.717, 1.165) is 73.6 Å². The molecule has 1 atom stereocenters. The van der Waals surface area contributed by atoms with E-state index < -0.39 is 5.97 Å². The van der Waals surface area contributed by atoms with Gasteiger partial charge in [0.25, 0.3) is 0 Å². The first-order chi connectivity index (χ1) is 28.3. The highest BCUT2D eigenvalue weighted by Crippen LogP contribution is 2.30. The Morgan fingerprint density at radius 2 is 1.26 bits per heavy atom. The molecule has 0 unspecified atom stereocenters. The second-order valence-corrected chi connectivity index (χ2v) is 14.2. The van der Waals surface area contributed by atoms with Gasteiger partial charge >= 0.3 is 11.9 Å². The second-order valence-electron chi connectivity index (χ2n) is 14.2. The van der Waals surface area contributed by atoms with Gasteiger partial charge in [-0.1, -0.05) is 156 Å². The van der Waals surface area contributed by atoms with Crippen LogP contribution in [0.1, 0.15) is 104 Å². The van der Waals surface area contributed by atoms with Crippen molar-refractivity contribution < 1.29 is 23.9 Å². The number of ether oxygens (including phenoxy) is 2. The van der Waals surface area contributed by atoms with Crippen molar-refractivity contribution in [2.24, 2.45) is 5.92 Å². The Hall–Kier alpha value is -5.64. The van der Waals surface area contributed by atoms with Gasteiger partial charge in [-0.2, -0.15) is 5.21 Å². The number of aromatic nitrogens is 4. The molecule has 0 saturated carbocycles. The van der Waals surface area contributed by atoms with E-state index in [4.69, 9.17) is 9.47 Å². The van der Waals surface area contributed by atoms with Gasteiger partial charge in [0.05, 0.1) is 12.8 Å². The van der Waals surface area contributed by atoms with Crippen LogP contribution in [0, 0.1) is 5.92 Å². The molecule has 0 aliphatic rings. The van der Waals surface area contributed by atoms with Crippen molar-refractivity contribution >= 4 is 17.8 Å². The number of rotatable bonds is 27. The third-order valence-electron chi connectivity index (χ3n) is 9.23. The maximum absolute atomic E-state index is 13.6. The predicted octanol–water partition coefficient (Wildman–Crippen LogP) is 10.6. The van der Waals surface area contributed by atoms with E-state index in [9.17, 15) is 14.4 Å². The number of hydrogen-bond donors (Lipinski definition) is 1. The average molecular weight is 790 g/mol. The number of H-pyrrole nitrogens is 1. The summed E-state index contributed by atoms with van der Waals surface area (Å²) in [6.07, 6.45) is 33.1. The minimum Gasteiger partial charge on any atom is -0.462 e. The van der Waals surface area contributed by atoms with E-state index >= 15 is 0 Å². The highest BCUT2D eigenvalue weighted by molar-refractivity contribution is 5.81. The molecule has 0 bridgehead atoms. The first-order valence-corrected chi connectivity index (χ1v) is 20.8. The Bertz CT molecular complexity index is 1810. The predicted molar refractivity (Wildman–Crippen MR) is 233 cm³/mol. The number of esters is 2. The van der Waals surface area contributed by atoms with Gasteiger partial charge in [0.15, 0.2) is 0 Å². The van der Waals surface area contributed by atoms with Gasteiger partial charge in [0.1, 0.15) is 13.2 Å². The SMILES string of the molecule is CCC=CCC=CCC=CCC=CCC=CCC=CCC(=O)OCCOC(=O)C[C@H](C(C)C)N(Cc1ccc(-c2ccccc2-c2nn[nH]n2)cc1)C(=O)CCCC. The molecule has 2 aromatic carbocycles. The molecule has 0 aliphatic carbocycles. The molecular weight excluding hydrogens is 727 g/mol. The molecule has 1 N–H and O–H groups in total. The van der Waals surface area contributed by atoms with Crippen molar-refractivity contribution in [2.45, 2.75) is 111 Å². The molecule has 0 fully saturated rings. The maximum Gasteiger partial charge on any atom is 0.309 e. The second kappa shape index (κ2) is 28.7. The number of hydrogen-bond acceptors (Lipinski definition) is 8. The highest BCUT2D eigenvalue weighted by Gasteiger charge is 2.29. The largest absolute Gasteiger partial charge is 0.462 e. The van der Waals surface area contributed by atoms with Crippen molar-refractivity contribution in [2.75, 3.05) is 13.2 Å². The van der Waals surface area contributed by atoms with E-state index in [1.54, 1.807) is 6.08 Å². The molecule has 0 aliphatic heterocycles. The fourth-order valence-corrected chi connectivity index (χ4v) is 6.06. The number of tetrazole rings is 1. The minimum atomic E-state index is -0.437. The van der Waals surface area contributed by atoms with Crippen LogP contribution in [0.2, 0.25) is 0 Å². The quantitative estimate of drug-likeness (QED) is 0.0459. The van der Waals surface area contributed by atoms with Crippen LogP contribution in [-0.4, -0.2) is 62.6 Å². The lowest BCUT2D eigenvalue weighted by atomic mass is 9.96. The van der Waals surface area contributed by atoms with E-state index in [1.165, 1.54) is 0 Å². The van der Waals surface area contributed by atoms with Crippen LogP contribution in [-0.2, 0) is 30.4 Å². The summed E-state index contributed by atoms with van der Waals surface area (Å²) in [5, 5.41) is 14.5. The number of nitrogens with one attached hydrogen (secondary N) is 1. The molecule has 0 saturated heterocycles. The molecule has 1 aromatic heterocycles. The maximum atomic E-state index is 13.6. The lowest BCUT2D eigenvalue weighted by molar-refractivity contribution is -0.153. The molecule has 10 heteroatoms. The molecule has 10 nitrogen and oxygen atoms in total. The zero-order chi connectivity index (χ0) is 41.6. The van der Waals surface area contributed by atoms with Gasteiger partial charge in [-0.3, -0.25) is 14.4 Å². The third kappa shape index (κ3) is 18.5. The summed E-state index contributed by atoms with van der Waals surface area (Å²) < 4.78 is 10.7. The summed E-state index contributed by atoms with van der Waals surface area (Å²) in [7, 11) is 0. The smallest absolute Gasteiger partial charge is 0.309 e. The van der Waals surface area contributed by atoms with Gasteiger partial charge in [-0.25, -0.2) is 0 Å². The van der Waals surface area contributed by atoms with Crippen molar-refractivity contribution in [1.82, 2.24) is 25.5 Å². The summed E-state index contributed by atoms with van der Waals surface area (Å²) >= 11 is 0. The van der Waals surface area contributed by atoms with E-state index in [-0.39, 0.29) is 49.9 Å². The van der Waals surface area contributed by atoms with Crippen LogP contribution < -0.4 is 0 Å². The van der Waals surface area contributed by atoms with Gasteiger partial charge in [0, 0.05) is 24.6 Å². The summed E-state index contributed by atoms with van der Waals surface area (Å²) in [6, 6.07) is 15.5. The minimum absolute atomic E-state index is 0.00143. The molecule has 0 spiro atoms. The Labute approximate surface area is 345 Å².